The second-order valence-electron chi connectivity index (χ2n) is 6.10. The van der Waals surface area contributed by atoms with Crippen molar-refractivity contribution >= 4 is 23.5 Å². The summed E-state index contributed by atoms with van der Waals surface area (Å²) in [5, 5.41) is 0.704. The minimum atomic E-state index is 0.182. The van der Waals surface area contributed by atoms with Crippen LogP contribution < -0.4 is 4.74 Å². The molecule has 0 atom stereocenters. The molecule has 0 fully saturated rings. The molecular weight excluding hydrogens is 332 g/mol. The van der Waals surface area contributed by atoms with Crippen molar-refractivity contribution in [2.75, 3.05) is 0 Å². The van der Waals surface area contributed by atoms with Gasteiger partial charge < -0.3 is 4.74 Å². The Morgan fingerprint density at radius 1 is 1.08 bits per heavy atom. The molecule has 0 spiro atoms. The Labute approximate surface area is 155 Å². The molecule has 0 N–H and O–H groups in total. The third-order valence-corrected chi connectivity index (χ3v) is 4.13. The molecule has 0 saturated heterocycles. The van der Waals surface area contributed by atoms with Gasteiger partial charge in [-0.15, -0.1) is 0 Å². The van der Waals surface area contributed by atoms with Crippen LogP contribution in [0.25, 0.3) is 6.08 Å². The standard InChI is InChI=1S/C22H25ClO2/c1-2-3-4-5-11-21(24)14-13-18-8-7-12-22(16-18)25-17-19-9-6-10-20(23)15-19/h6-10,12-16H,2-5,11,17H2,1H3/b14-13-. The number of carbonyl (C=O) groups excluding carboxylic acids is 1. The van der Waals surface area contributed by atoms with E-state index in [2.05, 4.69) is 6.92 Å². The lowest BCUT2D eigenvalue weighted by Crippen LogP contribution is -1.95. The highest BCUT2D eigenvalue weighted by Crippen LogP contribution is 2.18. The van der Waals surface area contributed by atoms with E-state index in [1.54, 1.807) is 6.08 Å². The topological polar surface area (TPSA) is 26.3 Å². The van der Waals surface area contributed by atoms with E-state index >= 15 is 0 Å². The molecule has 0 aliphatic carbocycles. The number of hydrogen-bond donors (Lipinski definition) is 0. The summed E-state index contributed by atoms with van der Waals surface area (Å²) in [7, 11) is 0. The van der Waals surface area contributed by atoms with Gasteiger partial charge in [0, 0.05) is 11.4 Å². The number of ketones is 1. The number of allylic oxidation sites excluding steroid dienone is 1. The zero-order valence-corrected chi connectivity index (χ0v) is 15.5. The van der Waals surface area contributed by atoms with E-state index in [1.165, 1.54) is 12.8 Å². The highest BCUT2D eigenvalue weighted by molar-refractivity contribution is 6.30. The first-order valence-electron chi connectivity index (χ1n) is 8.85. The van der Waals surface area contributed by atoms with Gasteiger partial charge in [0.15, 0.2) is 5.78 Å². The van der Waals surface area contributed by atoms with Crippen molar-refractivity contribution < 1.29 is 9.53 Å². The molecule has 0 unspecified atom stereocenters. The highest BCUT2D eigenvalue weighted by Gasteiger charge is 2.00. The predicted octanol–water partition coefficient (Wildman–Crippen LogP) is 6.47. The van der Waals surface area contributed by atoms with Crippen molar-refractivity contribution in [3.05, 3.63) is 70.8 Å². The second kappa shape index (κ2) is 10.7. The molecule has 0 amide bonds. The fourth-order valence-corrected chi connectivity index (χ4v) is 2.71. The Morgan fingerprint density at radius 2 is 1.92 bits per heavy atom. The molecule has 25 heavy (non-hydrogen) atoms. The minimum Gasteiger partial charge on any atom is -0.489 e. The fourth-order valence-electron chi connectivity index (χ4n) is 2.50. The van der Waals surface area contributed by atoms with Crippen LogP contribution >= 0.6 is 11.6 Å². The van der Waals surface area contributed by atoms with Crippen LogP contribution in [0.5, 0.6) is 5.75 Å². The van der Waals surface area contributed by atoms with E-state index < -0.39 is 0 Å². The van der Waals surface area contributed by atoms with Crippen molar-refractivity contribution in [3.8, 4) is 5.75 Å². The summed E-state index contributed by atoms with van der Waals surface area (Å²) in [6.45, 7) is 2.63. The number of benzene rings is 2. The van der Waals surface area contributed by atoms with Crippen molar-refractivity contribution in [2.24, 2.45) is 0 Å². The molecule has 2 rings (SSSR count). The molecule has 0 heterocycles. The first kappa shape index (κ1) is 19.3. The zero-order valence-electron chi connectivity index (χ0n) is 14.7. The molecule has 0 saturated carbocycles. The normalized spacial score (nSPS) is 11.0. The van der Waals surface area contributed by atoms with Crippen LogP contribution in [-0.4, -0.2) is 5.78 Å². The molecule has 0 aromatic heterocycles. The van der Waals surface area contributed by atoms with Crippen molar-refractivity contribution in [1.29, 1.82) is 0 Å². The summed E-state index contributed by atoms with van der Waals surface area (Å²) in [5.74, 6) is 0.957. The average molecular weight is 357 g/mol. The van der Waals surface area contributed by atoms with Gasteiger partial charge in [-0.2, -0.15) is 0 Å². The summed E-state index contributed by atoms with van der Waals surface area (Å²) in [6, 6.07) is 15.4. The number of halogens is 1. The molecule has 0 radical (unpaired) electrons. The van der Waals surface area contributed by atoms with Crippen LogP contribution in [0, 0.1) is 0 Å². The Balaban J connectivity index is 1.85. The summed E-state index contributed by atoms with van der Waals surface area (Å²) in [5.41, 5.74) is 1.99. The molecule has 2 aromatic carbocycles. The van der Waals surface area contributed by atoms with Crippen LogP contribution in [-0.2, 0) is 11.4 Å². The molecule has 0 aliphatic heterocycles. The number of ether oxygens (including phenoxy) is 1. The number of carbonyl (C=O) groups is 1. The van der Waals surface area contributed by atoms with Crippen LogP contribution in [0.2, 0.25) is 5.02 Å². The summed E-state index contributed by atoms with van der Waals surface area (Å²) < 4.78 is 5.81. The van der Waals surface area contributed by atoms with Crippen molar-refractivity contribution in [2.45, 2.75) is 45.6 Å². The van der Waals surface area contributed by atoms with E-state index in [1.807, 2.05) is 54.6 Å². The van der Waals surface area contributed by atoms with Gasteiger partial charge in [0.25, 0.3) is 0 Å². The molecule has 0 bridgehead atoms. The van der Waals surface area contributed by atoms with Crippen molar-refractivity contribution in [1.82, 2.24) is 0 Å². The molecule has 3 heteroatoms. The van der Waals surface area contributed by atoms with Gasteiger partial charge in [-0.3, -0.25) is 4.79 Å². The maximum atomic E-state index is 11.9. The predicted molar refractivity (Wildman–Crippen MR) is 105 cm³/mol. The smallest absolute Gasteiger partial charge is 0.155 e. The number of unbranched alkanes of at least 4 members (excludes halogenated alkanes) is 3. The van der Waals surface area contributed by atoms with Gasteiger partial charge in [0.2, 0.25) is 0 Å². The van der Waals surface area contributed by atoms with Gasteiger partial charge in [0.1, 0.15) is 12.4 Å². The maximum absolute atomic E-state index is 11.9. The quantitative estimate of drug-likeness (QED) is 0.360. The van der Waals surface area contributed by atoms with E-state index in [0.717, 1.165) is 29.7 Å². The first-order valence-corrected chi connectivity index (χ1v) is 9.23. The lowest BCUT2D eigenvalue weighted by Gasteiger charge is -2.07. The molecular formula is C22H25ClO2. The Hall–Kier alpha value is -2.06. The lowest BCUT2D eigenvalue weighted by atomic mass is 10.1. The van der Waals surface area contributed by atoms with Crippen LogP contribution in [0.4, 0.5) is 0 Å². The van der Waals surface area contributed by atoms with Gasteiger partial charge in [-0.05, 0) is 47.9 Å². The Bertz CT molecular complexity index is 707. The van der Waals surface area contributed by atoms with E-state index in [4.69, 9.17) is 16.3 Å². The summed E-state index contributed by atoms with van der Waals surface area (Å²) in [6.07, 6.45) is 8.63. The highest BCUT2D eigenvalue weighted by atomic mass is 35.5. The van der Waals surface area contributed by atoms with E-state index in [0.29, 0.717) is 18.1 Å². The molecule has 132 valence electrons. The van der Waals surface area contributed by atoms with Crippen LogP contribution in [0.1, 0.15) is 50.2 Å². The largest absolute Gasteiger partial charge is 0.489 e. The monoisotopic (exact) mass is 356 g/mol. The van der Waals surface area contributed by atoms with E-state index in [9.17, 15) is 4.79 Å². The molecule has 2 aromatic rings. The van der Waals surface area contributed by atoms with Gasteiger partial charge in [-0.1, -0.05) is 68.1 Å². The molecule has 0 aliphatic rings. The van der Waals surface area contributed by atoms with Gasteiger partial charge in [0.05, 0.1) is 0 Å². The number of rotatable bonds is 10. The lowest BCUT2D eigenvalue weighted by molar-refractivity contribution is -0.114. The minimum absolute atomic E-state index is 0.182. The van der Waals surface area contributed by atoms with Crippen LogP contribution in [0.15, 0.2) is 54.6 Å². The maximum Gasteiger partial charge on any atom is 0.155 e. The zero-order chi connectivity index (χ0) is 17.9. The first-order chi connectivity index (χ1) is 12.2. The van der Waals surface area contributed by atoms with Crippen molar-refractivity contribution in [3.63, 3.8) is 0 Å². The molecule has 2 nitrogen and oxygen atoms in total. The fraction of sp³-hybridized carbons (Fsp3) is 0.318. The van der Waals surface area contributed by atoms with Gasteiger partial charge in [-0.25, -0.2) is 0 Å². The van der Waals surface area contributed by atoms with E-state index in [-0.39, 0.29) is 5.78 Å². The van der Waals surface area contributed by atoms with Gasteiger partial charge >= 0.3 is 0 Å². The van der Waals surface area contributed by atoms with Crippen LogP contribution in [0.3, 0.4) is 0 Å². The average Bonchev–Trinajstić information content (AvgIpc) is 2.62. The second-order valence-corrected chi connectivity index (χ2v) is 6.54. The SMILES string of the molecule is CCCCCCC(=O)/C=C\c1cccc(OCc2cccc(Cl)c2)c1. The number of hydrogen-bond acceptors (Lipinski definition) is 2. The third kappa shape index (κ3) is 7.57. The summed E-state index contributed by atoms with van der Waals surface area (Å²) in [4.78, 5) is 11.9. The Morgan fingerprint density at radius 3 is 2.72 bits per heavy atom. The Kier molecular flexibility index (Phi) is 8.27. The summed E-state index contributed by atoms with van der Waals surface area (Å²) >= 11 is 5.98. The third-order valence-electron chi connectivity index (χ3n) is 3.89.